The van der Waals surface area contributed by atoms with Crippen LogP contribution in [0, 0.1) is 11.8 Å². The molecule has 0 radical (unpaired) electrons. The van der Waals surface area contributed by atoms with Crippen molar-refractivity contribution in [3.8, 4) is 22.6 Å². The monoisotopic (exact) mass is 703 g/mol. The molecule has 7 aliphatic rings. The zero-order valence-corrected chi connectivity index (χ0v) is 30.8. The largest absolute Gasteiger partial charge is 0.457 e. The smallest absolute Gasteiger partial charge is 0.131 e. The van der Waals surface area contributed by atoms with E-state index in [1.807, 2.05) is 0 Å². The summed E-state index contributed by atoms with van der Waals surface area (Å²) in [6, 6.07) is 33.9. The van der Waals surface area contributed by atoms with Gasteiger partial charge >= 0.3 is 0 Å². The Labute approximate surface area is 319 Å². The lowest BCUT2D eigenvalue weighted by molar-refractivity contribution is -0.0956. The maximum absolute atomic E-state index is 7.37. The molecule has 4 aromatic carbocycles. The van der Waals surface area contributed by atoms with Gasteiger partial charge in [0.2, 0.25) is 0 Å². The van der Waals surface area contributed by atoms with E-state index in [4.69, 9.17) is 9.47 Å². The van der Waals surface area contributed by atoms with Crippen LogP contribution in [0.15, 0.2) is 169 Å². The van der Waals surface area contributed by atoms with Crippen molar-refractivity contribution in [1.29, 1.82) is 0 Å². The van der Waals surface area contributed by atoms with Crippen LogP contribution < -0.4 is 9.64 Å². The van der Waals surface area contributed by atoms with Crippen molar-refractivity contribution in [2.75, 3.05) is 4.90 Å². The van der Waals surface area contributed by atoms with Crippen molar-refractivity contribution in [2.45, 2.75) is 68.6 Å². The minimum Gasteiger partial charge on any atom is -0.457 e. The minimum absolute atomic E-state index is 0.0412. The molecule has 0 spiro atoms. The van der Waals surface area contributed by atoms with Gasteiger partial charge in [0.15, 0.2) is 0 Å². The molecule has 3 heteroatoms. The lowest BCUT2D eigenvalue weighted by Crippen LogP contribution is -2.52. The maximum Gasteiger partial charge on any atom is 0.131 e. The van der Waals surface area contributed by atoms with Gasteiger partial charge in [-0.05, 0) is 96.7 Å². The second kappa shape index (κ2) is 12.6. The highest BCUT2D eigenvalue weighted by Crippen LogP contribution is 2.62. The predicted octanol–water partition coefficient (Wildman–Crippen LogP) is 12.4. The molecule has 1 fully saturated rings. The first-order chi connectivity index (χ1) is 26.7. The standard InChI is InChI=1S/C51H45NO2/c1-51-32-13-12-26-40(51)50(49-39-22-9-11-29-43(39)53-44-30-15-23-35(47(44)49)33-17-4-2-5-18-33)48-37(25-16-31-45(48)54-51)36-24-14-28-42-46(36)38-21-8-10-27-41(38)52(42)34-19-6-3-7-20-34/h2-6,8-9,11-19,21-26,28-31,38,41,45,48-50H,7,10,20,27,32H2,1H3. The van der Waals surface area contributed by atoms with E-state index < -0.39 is 5.60 Å². The molecular formula is C51H45NO2. The molecule has 11 rings (SSSR count). The van der Waals surface area contributed by atoms with Crippen LogP contribution in [0.25, 0.3) is 16.7 Å². The zero-order valence-electron chi connectivity index (χ0n) is 30.8. The van der Waals surface area contributed by atoms with E-state index in [-0.39, 0.29) is 23.9 Å². The Bertz CT molecular complexity index is 2390. The lowest BCUT2D eigenvalue weighted by Gasteiger charge is -2.54. The first kappa shape index (κ1) is 32.1. The summed E-state index contributed by atoms with van der Waals surface area (Å²) in [4.78, 5) is 2.71. The fraction of sp³-hybridized carbons (Fsp3) is 0.255. The summed E-state index contributed by atoms with van der Waals surface area (Å²) in [5.74, 6) is 2.49. The summed E-state index contributed by atoms with van der Waals surface area (Å²) in [5.41, 5.74) is 13.0. The number of nitrogens with zero attached hydrogens (tertiary/aromatic N) is 1. The number of rotatable bonds is 4. The fourth-order valence-electron chi connectivity index (χ4n) is 11.1. The molecule has 4 aromatic rings. The maximum atomic E-state index is 7.37. The predicted molar refractivity (Wildman–Crippen MR) is 220 cm³/mol. The van der Waals surface area contributed by atoms with E-state index in [0.717, 1.165) is 37.2 Å². The summed E-state index contributed by atoms with van der Waals surface area (Å²) in [6.45, 7) is 2.33. The Morgan fingerprint density at radius 2 is 1.52 bits per heavy atom. The van der Waals surface area contributed by atoms with Gasteiger partial charge in [-0.15, -0.1) is 0 Å². The number of fused-ring (bicyclic) bond motifs is 7. The highest BCUT2D eigenvalue weighted by molar-refractivity contribution is 5.83. The van der Waals surface area contributed by atoms with Gasteiger partial charge in [-0.3, -0.25) is 0 Å². The van der Waals surface area contributed by atoms with Crippen LogP contribution in [0.4, 0.5) is 5.69 Å². The summed E-state index contributed by atoms with van der Waals surface area (Å²) >= 11 is 0. The Hall–Kier alpha value is -5.38. The normalized spacial score (nSPS) is 29.7. The molecule has 7 unspecified atom stereocenters. The first-order valence-corrected chi connectivity index (χ1v) is 20.0. The van der Waals surface area contributed by atoms with Crippen LogP contribution in [0.2, 0.25) is 0 Å². The summed E-state index contributed by atoms with van der Waals surface area (Å²) < 4.78 is 14.2. The zero-order chi connectivity index (χ0) is 35.8. The van der Waals surface area contributed by atoms with Crippen molar-refractivity contribution in [1.82, 2.24) is 0 Å². The number of benzene rings is 4. The van der Waals surface area contributed by atoms with Crippen LogP contribution in [0.3, 0.4) is 0 Å². The van der Waals surface area contributed by atoms with Crippen LogP contribution in [0.5, 0.6) is 11.5 Å². The molecule has 3 heterocycles. The van der Waals surface area contributed by atoms with Gasteiger partial charge in [0.05, 0.1) is 11.7 Å². The number of hydrogen-bond acceptors (Lipinski definition) is 3. The Morgan fingerprint density at radius 1 is 0.685 bits per heavy atom. The molecule has 0 aromatic heterocycles. The van der Waals surface area contributed by atoms with Gasteiger partial charge in [0, 0.05) is 52.2 Å². The molecule has 4 aliphatic carbocycles. The molecule has 0 amide bonds. The Balaban J connectivity index is 1.15. The topological polar surface area (TPSA) is 21.7 Å². The molecule has 7 atom stereocenters. The summed E-state index contributed by atoms with van der Waals surface area (Å²) in [5, 5.41) is 0. The van der Waals surface area contributed by atoms with Crippen molar-refractivity contribution in [2.24, 2.45) is 11.8 Å². The van der Waals surface area contributed by atoms with Crippen molar-refractivity contribution < 1.29 is 9.47 Å². The summed E-state index contributed by atoms with van der Waals surface area (Å²) in [6.07, 6.45) is 31.1. The van der Waals surface area contributed by atoms with Gasteiger partial charge in [-0.25, -0.2) is 0 Å². The molecule has 3 nitrogen and oxygen atoms in total. The van der Waals surface area contributed by atoms with Gasteiger partial charge < -0.3 is 14.4 Å². The van der Waals surface area contributed by atoms with Crippen LogP contribution in [-0.2, 0) is 4.74 Å². The molecule has 0 N–H and O–H groups in total. The third-order valence-corrected chi connectivity index (χ3v) is 13.3. The van der Waals surface area contributed by atoms with Gasteiger partial charge in [-0.2, -0.15) is 0 Å². The third kappa shape index (κ3) is 4.84. The van der Waals surface area contributed by atoms with E-state index >= 15 is 0 Å². The molecule has 54 heavy (non-hydrogen) atoms. The van der Waals surface area contributed by atoms with Crippen molar-refractivity contribution in [3.63, 3.8) is 0 Å². The van der Waals surface area contributed by atoms with Crippen LogP contribution in [-0.4, -0.2) is 17.7 Å². The molecule has 266 valence electrons. The number of hydrogen-bond donors (Lipinski definition) is 0. The second-order valence-corrected chi connectivity index (χ2v) is 16.2. The van der Waals surface area contributed by atoms with Crippen LogP contribution >= 0.6 is 0 Å². The average Bonchev–Trinajstić information content (AvgIpc) is 3.57. The second-order valence-electron chi connectivity index (χ2n) is 16.2. The average molecular weight is 704 g/mol. The van der Waals surface area contributed by atoms with Crippen LogP contribution in [0.1, 0.15) is 73.1 Å². The first-order valence-electron chi connectivity index (χ1n) is 20.0. The molecular weight excluding hydrogens is 659 g/mol. The number of para-hydroxylation sites is 1. The quantitative estimate of drug-likeness (QED) is 0.198. The van der Waals surface area contributed by atoms with Gasteiger partial charge in [-0.1, -0.05) is 134 Å². The highest BCUT2D eigenvalue weighted by atomic mass is 16.5. The lowest BCUT2D eigenvalue weighted by atomic mass is 9.58. The molecule has 1 saturated heterocycles. The van der Waals surface area contributed by atoms with Crippen molar-refractivity contribution >= 4 is 11.3 Å². The summed E-state index contributed by atoms with van der Waals surface area (Å²) in [7, 11) is 0. The number of allylic oxidation sites excluding steroid dienone is 9. The fourth-order valence-corrected chi connectivity index (χ4v) is 11.1. The Kier molecular flexibility index (Phi) is 7.49. The van der Waals surface area contributed by atoms with Crippen molar-refractivity contribution in [3.05, 3.63) is 191 Å². The molecule has 0 bridgehead atoms. The molecule has 3 aliphatic heterocycles. The SMILES string of the molecule is CC12CC=CC=C1C(C1c3ccccc3Oc3cccc(-c4ccccc4)c31)C1C(c3cccc4c3C3C=CCCC3N4C3=CC=CCC3)=CC=CC1O2. The number of anilines is 1. The number of ether oxygens (including phenoxy) is 2. The third-order valence-electron chi connectivity index (χ3n) is 13.3. The Morgan fingerprint density at radius 3 is 2.43 bits per heavy atom. The van der Waals surface area contributed by atoms with Gasteiger partial charge in [0.1, 0.15) is 11.5 Å². The van der Waals surface area contributed by atoms with E-state index in [0.29, 0.717) is 12.0 Å². The van der Waals surface area contributed by atoms with E-state index in [1.165, 1.54) is 62.3 Å². The van der Waals surface area contributed by atoms with E-state index in [2.05, 4.69) is 170 Å². The van der Waals surface area contributed by atoms with E-state index in [9.17, 15) is 0 Å². The highest BCUT2D eigenvalue weighted by Gasteiger charge is 2.55. The van der Waals surface area contributed by atoms with Gasteiger partial charge in [0.25, 0.3) is 0 Å². The minimum atomic E-state index is -0.421. The molecule has 0 saturated carbocycles. The van der Waals surface area contributed by atoms with E-state index in [1.54, 1.807) is 0 Å².